The minimum absolute atomic E-state index is 0.184. The molecule has 0 saturated carbocycles. The lowest BCUT2D eigenvalue weighted by Gasteiger charge is -2.10. The third-order valence-corrected chi connectivity index (χ3v) is 5.03. The number of rotatable bonds is 6. The van der Waals surface area contributed by atoms with Crippen molar-refractivity contribution in [2.45, 2.75) is 13.0 Å². The Morgan fingerprint density at radius 2 is 1.97 bits per heavy atom. The maximum absolute atomic E-state index is 12.3. The van der Waals surface area contributed by atoms with Crippen molar-refractivity contribution >= 4 is 34.4 Å². The van der Waals surface area contributed by atoms with Crippen molar-refractivity contribution in [2.24, 2.45) is 0 Å². The fourth-order valence-corrected chi connectivity index (χ4v) is 3.45. The Labute approximate surface area is 176 Å². The van der Waals surface area contributed by atoms with E-state index in [1.54, 1.807) is 24.3 Å². The molecule has 1 atom stereocenters. The molecule has 8 heteroatoms. The van der Waals surface area contributed by atoms with Gasteiger partial charge in [-0.15, -0.1) is 11.3 Å². The van der Waals surface area contributed by atoms with Gasteiger partial charge in [0.1, 0.15) is 0 Å². The van der Waals surface area contributed by atoms with E-state index in [-0.39, 0.29) is 6.79 Å². The summed E-state index contributed by atoms with van der Waals surface area (Å²) in [6.07, 6.45) is 1.88. The van der Waals surface area contributed by atoms with E-state index in [9.17, 15) is 9.59 Å². The Hall–Kier alpha value is -3.65. The van der Waals surface area contributed by atoms with Crippen LogP contribution in [-0.4, -0.2) is 29.8 Å². The Bertz CT molecular complexity index is 1090. The van der Waals surface area contributed by atoms with Crippen molar-refractivity contribution in [3.05, 3.63) is 65.6 Å². The third-order valence-electron chi connectivity index (χ3n) is 4.27. The topological polar surface area (TPSA) is 86.8 Å². The van der Waals surface area contributed by atoms with Crippen LogP contribution in [0.15, 0.2) is 60.0 Å². The average Bonchev–Trinajstić information content (AvgIpc) is 3.42. The van der Waals surface area contributed by atoms with Crippen molar-refractivity contribution < 1.29 is 23.8 Å². The second-order valence-corrected chi connectivity index (χ2v) is 7.28. The molecule has 0 fully saturated rings. The summed E-state index contributed by atoms with van der Waals surface area (Å²) in [5.41, 5.74) is 2.49. The lowest BCUT2D eigenvalue weighted by Crippen LogP contribution is -2.29. The molecule has 4 rings (SSSR count). The van der Waals surface area contributed by atoms with Crippen molar-refractivity contribution in [2.75, 3.05) is 12.1 Å². The van der Waals surface area contributed by atoms with Gasteiger partial charge >= 0.3 is 5.97 Å². The summed E-state index contributed by atoms with van der Waals surface area (Å²) >= 11 is 1.31. The molecule has 0 bridgehead atoms. The molecule has 7 nitrogen and oxygen atoms in total. The Balaban J connectivity index is 1.31. The van der Waals surface area contributed by atoms with Crippen molar-refractivity contribution in [1.82, 2.24) is 4.98 Å². The number of thiazole rings is 1. The zero-order valence-electron chi connectivity index (χ0n) is 16.0. The van der Waals surface area contributed by atoms with E-state index in [4.69, 9.17) is 14.2 Å². The summed E-state index contributed by atoms with van der Waals surface area (Å²) in [6, 6.07) is 15.0. The third kappa shape index (κ3) is 4.66. The second-order valence-electron chi connectivity index (χ2n) is 6.42. The van der Waals surface area contributed by atoms with Crippen molar-refractivity contribution in [3.63, 3.8) is 0 Å². The molecule has 2 aromatic carbocycles. The number of carbonyl (C=O) groups is 2. The van der Waals surface area contributed by atoms with Gasteiger partial charge in [-0.1, -0.05) is 36.4 Å². The first-order chi connectivity index (χ1) is 14.6. The average molecular weight is 422 g/mol. The van der Waals surface area contributed by atoms with Crippen LogP contribution in [0.3, 0.4) is 0 Å². The van der Waals surface area contributed by atoms with E-state index in [0.717, 1.165) is 16.8 Å². The molecular weight excluding hydrogens is 404 g/mol. The lowest BCUT2D eigenvalue weighted by molar-refractivity contribution is -0.148. The van der Waals surface area contributed by atoms with Gasteiger partial charge in [0.25, 0.3) is 5.91 Å². The Morgan fingerprint density at radius 1 is 1.17 bits per heavy atom. The highest BCUT2D eigenvalue weighted by atomic mass is 32.1. The van der Waals surface area contributed by atoms with Crippen LogP contribution < -0.4 is 14.8 Å². The predicted molar refractivity (Wildman–Crippen MR) is 113 cm³/mol. The number of carbonyl (C=O) groups excluding carboxylic acids is 2. The summed E-state index contributed by atoms with van der Waals surface area (Å²) in [5.74, 6) is 0.211. The highest BCUT2D eigenvalue weighted by molar-refractivity contribution is 7.14. The fraction of sp³-hybridized carbons (Fsp3) is 0.136. The van der Waals surface area contributed by atoms with Crippen LogP contribution in [0.4, 0.5) is 5.13 Å². The molecule has 152 valence electrons. The first-order valence-electron chi connectivity index (χ1n) is 9.18. The first-order valence-corrected chi connectivity index (χ1v) is 10.1. The Morgan fingerprint density at radius 3 is 2.80 bits per heavy atom. The number of nitrogens with one attached hydrogen (secondary N) is 1. The lowest BCUT2D eigenvalue weighted by atomic mass is 10.2. The molecule has 0 radical (unpaired) electrons. The van der Waals surface area contributed by atoms with Crippen LogP contribution in [0.2, 0.25) is 0 Å². The van der Waals surface area contributed by atoms with Gasteiger partial charge in [-0.25, -0.2) is 9.78 Å². The zero-order valence-corrected chi connectivity index (χ0v) is 16.8. The molecule has 1 N–H and O–H groups in total. The van der Waals surface area contributed by atoms with Gasteiger partial charge in [0.05, 0.1) is 5.69 Å². The van der Waals surface area contributed by atoms with Gasteiger partial charge in [0.15, 0.2) is 22.7 Å². The number of esters is 1. The maximum Gasteiger partial charge on any atom is 0.331 e. The molecular formula is C22H18N2O5S. The van der Waals surface area contributed by atoms with E-state index in [2.05, 4.69) is 10.3 Å². The van der Waals surface area contributed by atoms with Crippen LogP contribution in [-0.2, 0) is 14.3 Å². The van der Waals surface area contributed by atoms with Gasteiger partial charge < -0.3 is 14.2 Å². The smallest absolute Gasteiger partial charge is 0.331 e. The number of fused-ring (bicyclic) bond motifs is 1. The van der Waals surface area contributed by atoms with E-state index in [1.807, 2.05) is 35.7 Å². The Kier molecular flexibility index (Phi) is 5.76. The monoisotopic (exact) mass is 422 g/mol. The molecule has 3 aromatic rings. The largest absolute Gasteiger partial charge is 0.454 e. The summed E-state index contributed by atoms with van der Waals surface area (Å²) < 4.78 is 15.7. The predicted octanol–water partition coefficient (Wildman–Crippen LogP) is 4.12. The molecule has 0 unspecified atom stereocenters. The van der Waals surface area contributed by atoms with Crippen LogP contribution in [0.5, 0.6) is 11.5 Å². The fourth-order valence-electron chi connectivity index (χ4n) is 2.73. The number of ether oxygens (including phenoxy) is 3. The second kappa shape index (κ2) is 8.79. The van der Waals surface area contributed by atoms with Crippen LogP contribution >= 0.6 is 11.3 Å². The SMILES string of the molecule is C[C@H](OC(=O)/C=C/c1ccc2c(c1)OCO2)C(=O)Nc1nc(-c2ccccc2)cs1. The van der Waals surface area contributed by atoms with Gasteiger partial charge in [0.2, 0.25) is 6.79 Å². The van der Waals surface area contributed by atoms with E-state index >= 15 is 0 Å². The molecule has 0 saturated heterocycles. The number of anilines is 1. The van der Waals surface area contributed by atoms with Crippen molar-refractivity contribution in [1.29, 1.82) is 0 Å². The highest BCUT2D eigenvalue weighted by Gasteiger charge is 2.18. The zero-order chi connectivity index (χ0) is 20.9. The van der Waals surface area contributed by atoms with Crippen molar-refractivity contribution in [3.8, 4) is 22.8 Å². The molecule has 1 aliphatic rings. The number of hydrogen-bond acceptors (Lipinski definition) is 7. The maximum atomic E-state index is 12.3. The minimum Gasteiger partial charge on any atom is -0.454 e. The number of nitrogens with zero attached hydrogens (tertiary/aromatic N) is 1. The van der Waals surface area contributed by atoms with Crippen LogP contribution in [0.25, 0.3) is 17.3 Å². The van der Waals surface area contributed by atoms with E-state index in [1.165, 1.54) is 24.3 Å². The van der Waals surface area contributed by atoms with Gasteiger partial charge in [-0.3, -0.25) is 10.1 Å². The molecule has 30 heavy (non-hydrogen) atoms. The molecule has 1 amide bonds. The first kappa shape index (κ1) is 19.7. The number of hydrogen-bond donors (Lipinski definition) is 1. The standard InChI is InChI=1S/C22H18N2O5S/c1-14(21(26)24-22-23-17(12-30-22)16-5-3-2-4-6-16)29-20(25)10-8-15-7-9-18-19(11-15)28-13-27-18/h2-12,14H,13H2,1H3,(H,23,24,26)/b10-8+/t14-/m0/s1. The molecule has 0 aliphatic carbocycles. The van der Waals surface area contributed by atoms with Crippen LogP contribution in [0, 0.1) is 0 Å². The minimum atomic E-state index is -0.969. The molecule has 1 aromatic heterocycles. The summed E-state index contributed by atoms with van der Waals surface area (Å²) in [5, 5.41) is 4.98. The molecule has 1 aliphatic heterocycles. The molecule has 2 heterocycles. The quantitative estimate of drug-likeness (QED) is 0.475. The normalized spacial score (nSPS) is 13.2. The molecule has 0 spiro atoms. The number of amides is 1. The number of aromatic nitrogens is 1. The van der Waals surface area contributed by atoms with Gasteiger partial charge in [-0.2, -0.15) is 0 Å². The summed E-state index contributed by atoms with van der Waals surface area (Å²) in [4.78, 5) is 28.8. The van der Waals surface area contributed by atoms with E-state index in [0.29, 0.717) is 16.6 Å². The number of benzene rings is 2. The van der Waals surface area contributed by atoms with Gasteiger partial charge in [0, 0.05) is 17.0 Å². The summed E-state index contributed by atoms with van der Waals surface area (Å²) in [6.45, 7) is 1.69. The van der Waals surface area contributed by atoms with Gasteiger partial charge in [-0.05, 0) is 30.7 Å². The highest BCUT2D eigenvalue weighted by Crippen LogP contribution is 2.32. The summed E-state index contributed by atoms with van der Waals surface area (Å²) in [7, 11) is 0. The van der Waals surface area contributed by atoms with E-state index < -0.39 is 18.0 Å². The van der Waals surface area contributed by atoms with Crippen LogP contribution in [0.1, 0.15) is 12.5 Å².